The van der Waals surface area contributed by atoms with Crippen molar-refractivity contribution in [2.45, 2.75) is 6.42 Å². The molecule has 3 nitrogen and oxygen atoms in total. The summed E-state index contributed by atoms with van der Waals surface area (Å²) in [7, 11) is 0. The molecule has 20 heavy (non-hydrogen) atoms. The molecule has 0 amide bonds. The van der Waals surface area contributed by atoms with Crippen molar-refractivity contribution in [3.63, 3.8) is 0 Å². The van der Waals surface area contributed by atoms with Gasteiger partial charge in [-0.25, -0.2) is 0 Å². The fourth-order valence-electron chi connectivity index (χ4n) is 1.44. The molecule has 2 rings (SSSR count). The Bertz CT molecular complexity index is 550. The number of pyridine rings is 2. The fraction of sp³-hybridized carbons (Fsp3) is 0.143. The Kier molecular flexibility index (Phi) is 12.1. The molecule has 0 saturated heterocycles. The zero-order valence-corrected chi connectivity index (χ0v) is 13.1. The summed E-state index contributed by atoms with van der Waals surface area (Å²) >= 11 is 0. The summed E-state index contributed by atoms with van der Waals surface area (Å²) in [6.45, 7) is 0.586. The number of hydrogen-bond donors (Lipinski definition) is 1. The average molecular weight is 333 g/mol. The lowest BCUT2D eigenvalue weighted by Gasteiger charge is -2.00. The van der Waals surface area contributed by atoms with Gasteiger partial charge in [-0.3, -0.25) is 9.97 Å². The average Bonchev–Trinajstić information content (AvgIpc) is 2.41. The van der Waals surface area contributed by atoms with Gasteiger partial charge in [0, 0.05) is 54.4 Å². The molecule has 2 aromatic rings. The Labute approximate surface area is 137 Å². The molecule has 0 bridgehead atoms. The molecule has 0 atom stereocenters. The molecule has 0 spiro atoms. The van der Waals surface area contributed by atoms with Crippen molar-refractivity contribution < 1.29 is 0 Å². The predicted molar refractivity (Wildman–Crippen MR) is 89.8 cm³/mol. The molecular formula is C14H16Cl3N3. The maximum absolute atomic E-state index is 5.39. The Hall–Kier alpha value is -1.31. The lowest BCUT2D eigenvalue weighted by atomic mass is 10.1. The van der Waals surface area contributed by atoms with Crippen LogP contribution in [0.2, 0.25) is 0 Å². The highest BCUT2D eigenvalue weighted by Gasteiger charge is 1.98. The van der Waals surface area contributed by atoms with Gasteiger partial charge in [0.05, 0.1) is 0 Å². The smallest absolute Gasteiger partial charge is 0.0434 e. The minimum atomic E-state index is 0. The normalized spacial score (nSPS) is 8.05. The van der Waals surface area contributed by atoms with Gasteiger partial charge in [0.25, 0.3) is 0 Å². The van der Waals surface area contributed by atoms with E-state index in [2.05, 4.69) is 21.8 Å². The van der Waals surface area contributed by atoms with Crippen LogP contribution in [0, 0.1) is 11.8 Å². The number of hydrogen-bond acceptors (Lipinski definition) is 3. The molecule has 0 aliphatic heterocycles. The third-order valence-corrected chi connectivity index (χ3v) is 2.24. The standard InChI is InChI=1S/C14H13N3.3ClH/c15-6-2-1-4-12-8-14(11-17-9-12)13-5-3-7-16-10-13;;;/h3,5,7-11H,2,6,15H2;3*1H. The molecule has 0 saturated carbocycles. The van der Waals surface area contributed by atoms with E-state index in [1.54, 1.807) is 12.4 Å². The van der Waals surface area contributed by atoms with E-state index in [4.69, 9.17) is 5.73 Å². The van der Waals surface area contributed by atoms with E-state index in [1.807, 2.05) is 30.6 Å². The van der Waals surface area contributed by atoms with Crippen LogP contribution in [-0.2, 0) is 0 Å². The van der Waals surface area contributed by atoms with Crippen LogP contribution in [0.15, 0.2) is 43.0 Å². The molecular weight excluding hydrogens is 317 g/mol. The molecule has 0 fully saturated rings. The predicted octanol–water partition coefficient (Wildman–Crippen LogP) is 3.11. The molecule has 0 aliphatic rings. The molecule has 0 unspecified atom stereocenters. The van der Waals surface area contributed by atoms with Crippen LogP contribution < -0.4 is 5.73 Å². The Morgan fingerprint density at radius 2 is 1.75 bits per heavy atom. The second-order valence-electron chi connectivity index (χ2n) is 3.54. The fourth-order valence-corrected chi connectivity index (χ4v) is 1.44. The first-order chi connectivity index (χ1) is 8.40. The number of halogens is 3. The van der Waals surface area contributed by atoms with Gasteiger partial charge in [0.15, 0.2) is 0 Å². The van der Waals surface area contributed by atoms with E-state index >= 15 is 0 Å². The van der Waals surface area contributed by atoms with E-state index < -0.39 is 0 Å². The van der Waals surface area contributed by atoms with Crippen LogP contribution in [0.4, 0.5) is 0 Å². The van der Waals surface area contributed by atoms with Crippen molar-refractivity contribution in [1.29, 1.82) is 0 Å². The summed E-state index contributed by atoms with van der Waals surface area (Å²) in [5.74, 6) is 6.04. The molecule has 2 heterocycles. The summed E-state index contributed by atoms with van der Waals surface area (Å²) in [5.41, 5.74) is 8.36. The summed E-state index contributed by atoms with van der Waals surface area (Å²) in [5, 5.41) is 0. The molecule has 6 heteroatoms. The minimum Gasteiger partial charge on any atom is -0.330 e. The maximum Gasteiger partial charge on any atom is 0.0434 e. The largest absolute Gasteiger partial charge is 0.330 e. The van der Waals surface area contributed by atoms with Crippen molar-refractivity contribution >= 4 is 37.2 Å². The van der Waals surface area contributed by atoms with Gasteiger partial charge in [0.2, 0.25) is 0 Å². The van der Waals surface area contributed by atoms with Gasteiger partial charge >= 0.3 is 0 Å². The van der Waals surface area contributed by atoms with Crippen LogP contribution in [0.3, 0.4) is 0 Å². The maximum atomic E-state index is 5.39. The van der Waals surface area contributed by atoms with Crippen molar-refractivity contribution in [2.75, 3.05) is 6.54 Å². The zero-order chi connectivity index (χ0) is 11.9. The van der Waals surface area contributed by atoms with Gasteiger partial charge < -0.3 is 5.73 Å². The van der Waals surface area contributed by atoms with E-state index in [0.29, 0.717) is 13.0 Å². The zero-order valence-electron chi connectivity index (χ0n) is 10.7. The summed E-state index contributed by atoms with van der Waals surface area (Å²) < 4.78 is 0. The van der Waals surface area contributed by atoms with Crippen LogP contribution in [0.25, 0.3) is 11.1 Å². The molecule has 2 aromatic heterocycles. The molecule has 2 N–H and O–H groups in total. The second kappa shape index (κ2) is 11.5. The Balaban J connectivity index is 0. The summed E-state index contributed by atoms with van der Waals surface area (Å²) in [4.78, 5) is 8.26. The van der Waals surface area contributed by atoms with E-state index in [1.165, 1.54) is 0 Å². The van der Waals surface area contributed by atoms with Crippen molar-refractivity contribution in [3.05, 3.63) is 48.5 Å². The van der Waals surface area contributed by atoms with E-state index in [0.717, 1.165) is 16.7 Å². The van der Waals surface area contributed by atoms with Crippen molar-refractivity contribution in [3.8, 4) is 23.0 Å². The van der Waals surface area contributed by atoms with Crippen molar-refractivity contribution in [2.24, 2.45) is 5.73 Å². The van der Waals surface area contributed by atoms with Gasteiger partial charge in [-0.15, -0.1) is 37.2 Å². The Morgan fingerprint density at radius 3 is 2.40 bits per heavy atom. The summed E-state index contributed by atoms with van der Waals surface area (Å²) in [6.07, 6.45) is 7.83. The highest BCUT2D eigenvalue weighted by molar-refractivity contribution is 5.86. The third-order valence-electron chi connectivity index (χ3n) is 2.24. The number of nitrogens with two attached hydrogens (primary N) is 1. The molecule has 0 radical (unpaired) electrons. The third kappa shape index (κ3) is 6.23. The molecule has 0 aliphatic carbocycles. The molecule has 108 valence electrons. The van der Waals surface area contributed by atoms with Crippen LogP contribution >= 0.6 is 37.2 Å². The number of aromatic nitrogens is 2. The van der Waals surface area contributed by atoms with Crippen molar-refractivity contribution in [1.82, 2.24) is 9.97 Å². The Morgan fingerprint density at radius 1 is 1.00 bits per heavy atom. The number of rotatable bonds is 2. The van der Waals surface area contributed by atoms with Gasteiger partial charge in [-0.05, 0) is 12.1 Å². The first-order valence-electron chi connectivity index (χ1n) is 5.44. The number of nitrogens with zero attached hydrogens (tertiary/aromatic N) is 2. The lowest BCUT2D eigenvalue weighted by molar-refractivity contribution is 1.03. The quantitative estimate of drug-likeness (QED) is 0.860. The summed E-state index contributed by atoms with van der Waals surface area (Å²) in [6, 6.07) is 5.91. The highest BCUT2D eigenvalue weighted by Crippen LogP contribution is 2.17. The van der Waals surface area contributed by atoms with Gasteiger partial charge in [-0.2, -0.15) is 0 Å². The van der Waals surface area contributed by atoms with Crippen LogP contribution in [0.1, 0.15) is 12.0 Å². The van der Waals surface area contributed by atoms with Crippen LogP contribution in [-0.4, -0.2) is 16.5 Å². The monoisotopic (exact) mass is 331 g/mol. The van der Waals surface area contributed by atoms with Gasteiger partial charge in [-0.1, -0.05) is 17.9 Å². The minimum absolute atomic E-state index is 0. The van der Waals surface area contributed by atoms with Gasteiger partial charge in [0.1, 0.15) is 0 Å². The van der Waals surface area contributed by atoms with E-state index in [9.17, 15) is 0 Å². The van der Waals surface area contributed by atoms with Crippen LogP contribution in [0.5, 0.6) is 0 Å². The second-order valence-corrected chi connectivity index (χ2v) is 3.54. The SMILES string of the molecule is Cl.Cl.Cl.NCCC#Cc1cncc(-c2cccnc2)c1. The first-order valence-corrected chi connectivity index (χ1v) is 5.44. The topological polar surface area (TPSA) is 51.8 Å². The molecule has 0 aromatic carbocycles. The first kappa shape index (κ1) is 21.0. The highest BCUT2D eigenvalue weighted by atomic mass is 35.5. The lowest BCUT2D eigenvalue weighted by Crippen LogP contribution is -1.95. The van der Waals surface area contributed by atoms with E-state index in [-0.39, 0.29) is 37.2 Å².